The number of ether oxygens (including phenoxy) is 1. The number of rotatable bonds is 7. The molecule has 0 spiro atoms. The third kappa shape index (κ3) is 4.56. The number of nitrogens with one attached hydrogen (secondary N) is 2. The Morgan fingerprint density at radius 2 is 2.14 bits per heavy atom. The van der Waals surface area contributed by atoms with Crippen LogP contribution in [0, 0.1) is 0 Å². The summed E-state index contributed by atoms with van der Waals surface area (Å²) in [4.78, 5) is 23.6. The Morgan fingerprint density at radius 1 is 1.28 bits per heavy atom. The summed E-state index contributed by atoms with van der Waals surface area (Å²) in [5.74, 6) is 0.961. The van der Waals surface area contributed by atoms with Crippen LogP contribution in [0.2, 0.25) is 0 Å². The molecule has 0 radical (unpaired) electrons. The Hall–Kier alpha value is -2.95. The van der Waals surface area contributed by atoms with Crippen molar-refractivity contribution in [2.24, 2.45) is 0 Å². The molecule has 152 valence electrons. The molecule has 0 bridgehead atoms. The first-order chi connectivity index (χ1) is 14.2. The summed E-state index contributed by atoms with van der Waals surface area (Å²) in [5, 5.41) is 16.1. The second kappa shape index (κ2) is 9.03. The number of furan rings is 1. The van der Waals surface area contributed by atoms with Gasteiger partial charge in [0.1, 0.15) is 16.5 Å². The average Bonchev–Trinajstić information content (AvgIpc) is 3.43. The molecule has 4 rings (SSSR count). The average molecular weight is 415 g/mol. The van der Waals surface area contributed by atoms with Crippen LogP contribution >= 0.6 is 11.3 Å². The predicted molar refractivity (Wildman–Crippen MR) is 111 cm³/mol. The van der Waals surface area contributed by atoms with E-state index >= 15 is 0 Å². The minimum atomic E-state index is -0.292. The van der Waals surface area contributed by atoms with Crippen molar-refractivity contribution in [3.05, 3.63) is 42.3 Å². The molecule has 0 aromatic carbocycles. The fourth-order valence-corrected chi connectivity index (χ4v) is 3.92. The molecule has 9 nitrogen and oxygen atoms in total. The number of aromatic nitrogens is 2. The summed E-state index contributed by atoms with van der Waals surface area (Å²) in [6, 6.07) is 7.03. The fourth-order valence-electron chi connectivity index (χ4n) is 2.91. The molecule has 0 atom stereocenters. The lowest BCUT2D eigenvalue weighted by Gasteiger charge is -2.27. The van der Waals surface area contributed by atoms with E-state index in [1.807, 2.05) is 12.1 Å². The van der Waals surface area contributed by atoms with Crippen LogP contribution in [0.15, 0.2) is 41.1 Å². The first kappa shape index (κ1) is 19.4. The molecule has 4 heterocycles. The first-order valence-electron chi connectivity index (χ1n) is 9.24. The first-order valence-corrected chi connectivity index (χ1v) is 10.1. The molecule has 10 heteroatoms. The summed E-state index contributed by atoms with van der Waals surface area (Å²) < 4.78 is 11.0. The van der Waals surface area contributed by atoms with Gasteiger partial charge in [0.05, 0.1) is 31.6 Å². The molecule has 1 saturated heterocycles. The van der Waals surface area contributed by atoms with Crippen LogP contribution in [0.3, 0.4) is 0 Å². The highest BCUT2D eigenvalue weighted by atomic mass is 32.1. The third-order valence-electron chi connectivity index (χ3n) is 4.33. The van der Waals surface area contributed by atoms with Gasteiger partial charge in [-0.15, -0.1) is 0 Å². The zero-order valence-corrected chi connectivity index (χ0v) is 16.4. The molecule has 0 saturated carbocycles. The normalized spacial score (nSPS) is 14.0. The number of nitrogens with zero attached hydrogens (tertiary/aromatic N) is 3. The van der Waals surface area contributed by atoms with Crippen LogP contribution in [0.4, 0.5) is 16.0 Å². The highest BCUT2D eigenvalue weighted by molar-refractivity contribution is 7.20. The lowest BCUT2D eigenvalue weighted by atomic mass is 10.2. The maximum absolute atomic E-state index is 12.6. The van der Waals surface area contributed by atoms with E-state index < -0.39 is 0 Å². The molecule has 29 heavy (non-hydrogen) atoms. The van der Waals surface area contributed by atoms with Crippen LogP contribution in [0.1, 0.15) is 10.4 Å². The number of anilines is 3. The number of thiazole rings is 1. The number of hydrogen-bond donors (Lipinski definition) is 3. The van der Waals surface area contributed by atoms with Gasteiger partial charge in [0.15, 0.2) is 10.9 Å². The number of carbonyl (C=O) groups is 1. The van der Waals surface area contributed by atoms with Crippen LogP contribution in [-0.4, -0.2) is 60.4 Å². The summed E-state index contributed by atoms with van der Waals surface area (Å²) >= 11 is 1.41. The van der Waals surface area contributed by atoms with Gasteiger partial charge in [0.2, 0.25) is 0 Å². The Morgan fingerprint density at radius 3 is 2.83 bits per heavy atom. The van der Waals surface area contributed by atoms with Gasteiger partial charge in [-0.2, -0.15) is 0 Å². The highest BCUT2D eigenvalue weighted by Gasteiger charge is 2.23. The number of hydrogen-bond acceptors (Lipinski definition) is 9. The molecule has 3 N–H and O–H groups in total. The van der Waals surface area contributed by atoms with Crippen molar-refractivity contribution in [1.82, 2.24) is 9.97 Å². The summed E-state index contributed by atoms with van der Waals surface area (Å²) in [6.45, 7) is 3.24. The van der Waals surface area contributed by atoms with Gasteiger partial charge < -0.3 is 24.5 Å². The largest absolute Gasteiger partial charge is 0.463 e. The summed E-state index contributed by atoms with van der Waals surface area (Å²) in [6.07, 6.45) is 3.09. The fraction of sp³-hybridized carbons (Fsp3) is 0.316. The van der Waals surface area contributed by atoms with Crippen molar-refractivity contribution < 1.29 is 19.1 Å². The summed E-state index contributed by atoms with van der Waals surface area (Å²) in [7, 11) is 0. The molecule has 3 aromatic heterocycles. The SMILES string of the molecule is O=C(Nc1nc(-c2ccco2)c(N2CCOCC2)s1)c1ccc(NCCO)nc1. The Balaban J connectivity index is 1.53. The van der Waals surface area contributed by atoms with Gasteiger partial charge in [0, 0.05) is 25.8 Å². The second-order valence-electron chi connectivity index (χ2n) is 6.29. The number of aliphatic hydroxyl groups is 1. The van der Waals surface area contributed by atoms with Crippen molar-refractivity contribution in [3.63, 3.8) is 0 Å². The van der Waals surface area contributed by atoms with E-state index in [9.17, 15) is 4.79 Å². The van der Waals surface area contributed by atoms with E-state index in [1.54, 1.807) is 18.4 Å². The van der Waals surface area contributed by atoms with E-state index in [0.717, 1.165) is 18.1 Å². The molecule has 0 aliphatic carbocycles. The van der Waals surface area contributed by atoms with E-state index in [1.165, 1.54) is 17.5 Å². The molecular formula is C19H21N5O4S. The van der Waals surface area contributed by atoms with Crippen molar-refractivity contribution in [2.75, 3.05) is 55.0 Å². The smallest absolute Gasteiger partial charge is 0.259 e. The monoisotopic (exact) mass is 415 g/mol. The second-order valence-corrected chi connectivity index (χ2v) is 7.26. The van der Waals surface area contributed by atoms with Crippen LogP contribution in [0.5, 0.6) is 0 Å². The quantitative estimate of drug-likeness (QED) is 0.539. The minimum absolute atomic E-state index is 0.0114. The highest BCUT2D eigenvalue weighted by Crippen LogP contribution is 2.39. The van der Waals surface area contributed by atoms with Crippen LogP contribution < -0.4 is 15.5 Å². The van der Waals surface area contributed by atoms with Crippen molar-refractivity contribution in [2.45, 2.75) is 0 Å². The maximum atomic E-state index is 12.6. The molecule has 1 aliphatic rings. The predicted octanol–water partition coefficient (Wildman–Crippen LogP) is 2.29. The molecule has 1 amide bonds. The zero-order chi connectivity index (χ0) is 20.1. The zero-order valence-electron chi connectivity index (χ0n) is 15.6. The molecule has 3 aromatic rings. The lowest BCUT2D eigenvalue weighted by Crippen LogP contribution is -2.35. The van der Waals surface area contributed by atoms with Crippen molar-refractivity contribution in [1.29, 1.82) is 0 Å². The number of carbonyl (C=O) groups excluding carboxylic acids is 1. The van der Waals surface area contributed by atoms with E-state index in [2.05, 4.69) is 25.5 Å². The maximum Gasteiger partial charge on any atom is 0.259 e. The lowest BCUT2D eigenvalue weighted by molar-refractivity contribution is 0.102. The van der Waals surface area contributed by atoms with Crippen molar-refractivity contribution >= 4 is 33.2 Å². The number of morpholine rings is 1. The van der Waals surface area contributed by atoms with Gasteiger partial charge in [-0.3, -0.25) is 10.1 Å². The minimum Gasteiger partial charge on any atom is -0.463 e. The number of pyridine rings is 1. The topological polar surface area (TPSA) is 113 Å². The molecule has 1 fully saturated rings. The van der Waals surface area contributed by atoms with Gasteiger partial charge >= 0.3 is 0 Å². The van der Waals surface area contributed by atoms with Gasteiger partial charge in [-0.1, -0.05) is 11.3 Å². The molecular weight excluding hydrogens is 394 g/mol. The van der Waals surface area contributed by atoms with Crippen LogP contribution in [-0.2, 0) is 4.74 Å². The Bertz CT molecular complexity index is 936. The third-order valence-corrected chi connectivity index (χ3v) is 5.36. The molecule has 1 aliphatic heterocycles. The summed E-state index contributed by atoms with van der Waals surface area (Å²) in [5.41, 5.74) is 1.13. The Kier molecular flexibility index (Phi) is 6.03. The van der Waals surface area contributed by atoms with Gasteiger partial charge in [-0.25, -0.2) is 9.97 Å². The number of amides is 1. The Labute approximate surface area is 171 Å². The van der Waals surface area contributed by atoms with Crippen LogP contribution in [0.25, 0.3) is 11.5 Å². The number of aliphatic hydroxyl groups excluding tert-OH is 1. The standard InChI is InChI=1S/C19H21N5O4S/c25-8-5-20-15-4-3-13(12-21-15)17(26)23-19-22-16(14-2-1-9-28-14)18(29-19)24-6-10-27-11-7-24/h1-4,9,12,25H,5-8,10-11H2,(H,20,21)(H,22,23,26). The molecule has 0 unspecified atom stereocenters. The van der Waals surface area contributed by atoms with E-state index in [0.29, 0.717) is 47.7 Å². The van der Waals surface area contributed by atoms with Gasteiger partial charge in [-0.05, 0) is 24.3 Å². The van der Waals surface area contributed by atoms with Gasteiger partial charge in [0.25, 0.3) is 5.91 Å². The van der Waals surface area contributed by atoms with E-state index in [-0.39, 0.29) is 12.5 Å². The van der Waals surface area contributed by atoms with E-state index in [4.69, 9.17) is 14.3 Å². The van der Waals surface area contributed by atoms with Crippen molar-refractivity contribution in [3.8, 4) is 11.5 Å².